The predicted octanol–water partition coefficient (Wildman–Crippen LogP) is 2.22. The van der Waals surface area contributed by atoms with Crippen LogP contribution in [0, 0.1) is 0 Å². The number of hydrogen-bond acceptors (Lipinski definition) is 4. The molecule has 3 aliphatic heterocycles. The number of carbonyl (C=O) groups excluding carboxylic acids is 1. The molecule has 0 radical (unpaired) electrons. The van der Waals surface area contributed by atoms with Crippen molar-refractivity contribution in [1.29, 1.82) is 0 Å². The molecule has 6 nitrogen and oxygen atoms in total. The standard InChI is InChI=1S/C17H25N3O3/c1-11-10-13-14(12(2)23-11)18-19-15(13)16(21)20-7-5-17(6-8-20)4-3-9-22-17/h11-12H,3-10H2,1-2H3,(H,18,19)/t11-,12+/m1/s1. The molecule has 23 heavy (non-hydrogen) atoms. The molecule has 1 spiro atoms. The molecule has 4 heterocycles. The number of hydrogen-bond donors (Lipinski definition) is 1. The van der Waals surface area contributed by atoms with E-state index in [1.165, 1.54) is 0 Å². The van der Waals surface area contributed by atoms with Gasteiger partial charge in [0.2, 0.25) is 0 Å². The van der Waals surface area contributed by atoms with Crippen molar-refractivity contribution in [2.24, 2.45) is 0 Å². The molecule has 4 rings (SSSR count). The van der Waals surface area contributed by atoms with Crippen LogP contribution in [0.4, 0.5) is 0 Å². The minimum atomic E-state index is -0.0284. The Hall–Kier alpha value is -1.40. The number of carbonyl (C=O) groups is 1. The Morgan fingerprint density at radius 3 is 2.78 bits per heavy atom. The lowest BCUT2D eigenvalue weighted by molar-refractivity contribution is -0.0388. The van der Waals surface area contributed by atoms with Crippen molar-refractivity contribution in [3.05, 3.63) is 17.0 Å². The highest BCUT2D eigenvalue weighted by Gasteiger charge is 2.40. The fourth-order valence-corrected chi connectivity index (χ4v) is 4.27. The second-order valence-corrected chi connectivity index (χ2v) is 7.18. The summed E-state index contributed by atoms with van der Waals surface area (Å²) in [6.45, 7) is 6.45. The van der Waals surface area contributed by atoms with Crippen LogP contribution in [0.3, 0.4) is 0 Å². The molecule has 2 atom stereocenters. The molecule has 0 unspecified atom stereocenters. The Labute approximate surface area is 136 Å². The zero-order valence-electron chi connectivity index (χ0n) is 13.9. The number of nitrogens with one attached hydrogen (secondary N) is 1. The SMILES string of the molecule is C[C@@H]1Cc2c(C(=O)N3CCC4(CCCO4)CC3)n[nH]c2[C@H](C)O1. The minimum Gasteiger partial charge on any atom is -0.375 e. The summed E-state index contributed by atoms with van der Waals surface area (Å²) in [7, 11) is 0. The smallest absolute Gasteiger partial charge is 0.274 e. The van der Waals surface area contributed by atoms with Gasteiger partial charge in [-0.15, -0.1) is 0 Å². The van der Waals surface area contributed by atoms with E-state index in [-0.39, 0.29) is 23.7 Å². The van der Waals surface area contributed by atoms with Gasteiger partial charge in [-0.05, 0) is 39.5 Å². The first-order valence-electron chi connectivity index (χ1n) is 8.74. The number of piperidine rings is 1. The molecule has 0 bridgehead atoms. The number of amides is 1. The molecule has 2 saturated heterocycles. The fraction of sp³-hybridized carbons (Fsp3) is 0.765. The highest BCUT2D eigenvalue weighted by molar-refractivity contribution is 5.94. The first kappa shape index (κ1) is 15.1. The highest BCUT2D eigenvalue weighted by Crippen LogP contribution is 2.36. The van der Waals surface area contributed by atoms with Gasteiger partial charge in [0.1, 0.15) is 0 Å². The third-order valence-electron chi connectivity index (χ3n) is 5.58. The largest absolute Gasteiger partial charge is 0.375 e. The lowest BCUT2D eigenvalue weighted by atomic mass is 9.88. The molecule has 6 heteroatoms. The molecule has 126 valence electrons. The van der Waals surface area contributed by atoms with Crippen LogP contribution in [0.15, 0.2) is 0 Å². The summed E-state index contributed by atoms with van der Waals surface area (Å²) in [4.78, 5) is 14.8. The summed E-state index contributed by atoms with van der Waals surface area (Å²) < 4.78 is 11.7. The summed E-state index contributed by atoms with van der Waals surface area (Å²) in [6.07, 6.45) is 5.02. The summed E-state index contributed by atoms with van der Waals surface area (Å²) in [5, 5.41) is 7.34. The van der Waals surface area contributed by atoms with Crippen molar-refractivity contribution in [3.8, 4) is 0 Å². The third-order valence-corrected chi connectivity index (χ3v) is 5.58. The van der Waals surface area contributed by atoms with Crippen LogP contribution in [0.25, 0.3) is 0 Å². The zero-order chi connectivity index (χ0) is 16.0. The van der Waals surface area contributed by atoms with Gasteiger partial charge in [-0.3, -0.25) is 9.89 Å². The van der Waals surface area contributed by atoms with Crippen molar-refractivity contribution in [3.63, 3.8) is 0 Å². The molecule has 1 aromatic rings. The minimum absolute atomic E-state index is 0.0284. The molecule has 0 saturated carbocycles. The van der Waals surface area contributed by atoms with Gasteiger partial charge in [-0.2, -0.15) is 5.10 Å². The van der Waals surface area contributed by atoms with E-state index >= 15 is 0 Å². The molecular weight excluding hydrogens is 294 g/mol. The highest BCUT2D eigenvalue weighted by atomic mass is 16.5. The van der Waals surface area contributed by atoms with E-state index in [0.717, 1.165) is 63.1 Å². The summed E-state index contributed by atoms with van der Waals surface area (Å²) in [5.74, 6) is 0.0525. The van der Waals surface area contributed by atoms with Crippen LogP contribution in [0.5, 0.6) is 0 Å². The van der Waals surface area contributed by atoms with E-state index in [0.29, 0.717) is 5.69 Å². The van der Waals surface area contributed by atoms with E-state index < -0.39 is 0 Å². The second-order valence-electron chi connectivity index (χ2n) is 7.18. The number of H-pyrrole nitrogens is 1. The van der Waals surface area contributed by atoms with Crippen LogP contribution in [0.2, 0.25) is 0 Å². The van der Waals surface area contributed by atoms with E-state index in [2.05, 4.69) is 10.2 Å². The molecule has 2 fully saturated rings. The van der Waals surface area contributed by atoms with Crippen molar-refractivity contribution in [2.75, 3.05) is 19.7 Å². The monoisotopic (exact) mass is 319 g/mol. The van der Waals surface area contributed by atoms with Gasteiger partial charge in [0.05, 0.1) is 23.5 Å². The topological polar surface area (TPSA) is 67.5 Å². The summed E-state index contributed by atoms with van der Waals surface area (Å²) >= 11 is 0. The van der Waals surface area contributed by atoms with Crippen molar-refractivity contribution in [2.45, 2.75) is 63.8 Å². The first-order chi connectivity index (χ1) is 11.1. The van der Waals surface area contributed by atoms with Gasteiger partial charge in [0, 0.05) is 31.7 Å². The van der Waals surface area contributed by atoms with Crippen LogP contribution in [0.1, 0.15) is 67.4 Å². The van der Waals surface area contributed by atoms with Crippen molar-refractivity contribution >= 4 is 5.91 Å². The Bertz CT molecular complexity index is 596. The third kappa shape index (κ3) is 2.58. The van der Waals surface area contributed by atoms with Gasteiger partial charge < -0.3 is 14.4 Å². The van der Waals surface area contributed by atoms with E-state index in [1.54, 1.807) is 0 Å². The van der Waals surface area contributed by atoms with E-state index in [4.69, 9.17) is 9.47 Å². The summed E-state index contributed by atoms with van der Waals surface area (Å²) in [5.41, 5.74) is 2.63. The molecule has 0 aliphatic carbocycles. The molecule has 1 N–H and O–H groups in total. The quantitative estimate of drug-likeness (QED) is 0.862. The van der Waals surface area contributed by atoms with Crippen molar-refractivity contribution in [1.82, 2.24) is 15.1 Å². The van der Waals surface area contributed by atoms with Gasteiger partial charge in [0.15, 0.2) is 5.69 Å². The van der Waals surface area contributed by atoms with Gasteiger partial charge in [-0.1, -0.05) is 0 Å². The Morgan fingerprint density at radius 1 is 1.30 bits per heavy atom. The zero-order valence-corrected chi connectivity index (χ0v) is 13.9. The van der Waals surface area contributed by atoms with Crippen molar-refractivity contribution < 1.29 is 14.3 Å². The summed E-state index contributed by atoms with van der Waals surface area (Å²) in [6, 6.07) is 0. The number of aromatic amines is 1. The molecule has 1 amide bonds. The predicted molar refractivity (Wildman–Crippen MR) is 84.3 cm³/mol. The number of rotatable bonds is 1. The molecule has 1 aromatic heterocycles. The van der Waals surface area contributed by atoms with E-state index in [1.807, 2.05) is 18.7 Å². The number of nitrogens with zero attached hydrogens (tertiary/aromatic N) is 2. The van der Waals surface area contributed by atoms with Crippen LogP contribution in [-0.4, -0.2) is 52.4 Å². The van der Waals surface area contributed by atoms with Crippen LogP contribution in [-0.2, 0) is 15.9 Å². The maximum Gasteiger partial charge on any atom is 0.274 e. The number of fused-ring (bicyclic) bond motifs is 1. The lowest BCUT2D eigenvalue weighted by Gasteiger charge is -2.38. The lowest BCUT2D eigenvalue weighted by Crippen LogP contribution is -2.46. The number of aromatic nitrogens is 2. The maximum absolute atomic E-state index is 12.9. The first-order valence-corrected chi connectivity index (χ1v) is 8.74. The van der Waals surface area contributed by atoms with Crippen LogP contribution < -0.4 is 0 Å². The molecule has 3 aliphatic rings. The van der Waals surface area contributed by atoms with Gasteiger partial charge >= 0.3 is 0 Å². The normalized spacial score (nSPS) is 29.7. The number of likely N-dealkylation sites (tertiary alicyclic amines) is 1. The Kier molecular flexibility index (Phi) is 3.69. The van der Waals surface area contributed by atoms with Crippen LogP contribution >= 0.6 is 0 Å². The Morgan fingerprint density at radius 2 is 2.09 bits per heavy atom. The molecular formula is C17H25N3O3. The van der Waals surface area contributed by atoms with Gasteiger partial charge in [0.25, 0.3) is 5.91 Å². The van der Waals surface area contributed by atoms with Gasteiger partial charge in [-0.25, -0.2) is 0 Å². The average molecular weight is 319 g/mol. The number of ether oxygens (including phenoxy) is 2. The Balaban J connectivity index is 1.50. The average Bonchev–Trinajstić information content (AvgIpc) is 3.15. The van der Waals surface area contributed by atoms with E-state index in [9.17, 15) is 4.79 Å². The second kappa shape index (κ2) is 5.60. The molecule has 0 aromatic carbocycles. The maximum atomic E-state index is 12.9. The fourth-order valence-electron chi connectivity index (χ4n) is 4.27.